The number of unbranched alkanes of at least 4 members (excludes halogenated alkanes) is 12. The first-order valence-corrected chi connectivity index (χ1v) is 16.3. The second kappa shape index (κ2) is 22.0. The average Bonchev–Trinajstić information content (AvgIpc) is 3.00. The summed E-state index contributed by atoms with van der Waals surface area (Å²) >= 11 is 0. The Morgan fingerprint density at radius 3 is 2.02 bits per heavy atom. The van der Waals surface area contributed by atoms with E-state index in [9.17, 15) is 25.2 Å². The molecular weight excluding hydrogens is 538 g/mol. The van der Waals surface area contributed by atoms with Gasteiger partial charge in [0.05, 0.1) is 18.8 Å². The van der Waals surface area contributed by atoms with E-state index < -0.39 is 48.8 Å². The van der Waals surface area contributed by atoms with E-state index in [1.807, 2.05) is 30.3 Å². The monoisotopic (exact) mass is 595 g/mol. The minimum absolute atomic E-state index is 0.103. The number of esters is 1. The van der Waals surface area contributed by atoms with Crippen LogP contribution in [0.3, 0.4) is 0 Å². The number of ether oxygens (including phenoxy) is 3. The molecule has 1 aliphatic rings. The van der Waals surface area contributed by atoms with E-state index in [0.29, 0.717) is 12.8 Å². The van der Waals surface area contributed by atoms with Gasteiger partial charge in [0.25, 0.3) is 0 Å². The minimum atomic E-state index is -1.55. The van der Waals surface area contributed by atoms with Crippen molar-refractivity contribution in [3.05, 3.63) is 35.9 Å². The smallest absolute Gasteiger partial charge is 0.306 e. The number of rotatable bonds is 23. The summed E-state index contributed by atoms with van der Waals surface area (Å²) in [5, 5.41) is 41.4. The Morgan fingerprint density at radius 2 is 1.43 bits per heavy atom. The van der Waals surface area contributed by atoms with Gasteiger partial charge in [0.1, 0.15) is 31.0 Å². The van der Waals surface area contributed by atoms with Crippen molar-refractivity contribution in [2.45, 2.75) is 153 Å². The van der Waals surface area contributed by atoms with Crippen LogP contribution in [-0.2, 0) is 25.4 Å². The molecule has 0 aromatic heterocycles. The molecule has 1 aromatic carbocycles. The van der Waals surface area contributed by atoms with Crippen molar-refractivity contribution in [3.8, 4) is 0 Å². The molecule has 0 saturated carbocycles. The van der Waals surface area contributed by atoms with Crippen LogP contribution in [0.2, 0.25) is 0 Å². The SMILES string of the molecule is CCCCCCCCCCCCCCC[C@@H](O)[C@@H](N)CO[C@H]1O[C@H](COC(=O)CCc2ccccc2)[C@H](O)[C@H](O)[C@H]1O. The van der Waals surface area contributed by atoms with Gasteiger partial charge in [-0.2, -0.15) is 0 Å². The molecule has 0 unspecified atom stereocenters. The third kappa shape index (κ3) is 14.7. The molecule has 1 aliphatic heterocycles. The molecule has 0 spiro atoms. The highest BCUT2D eigenvalue weighted by Crippen LogP contribution is 2.23. The van der Waals surface area contributed by atoms with Gasteiger partial charge >= 0.3 is 5.97 Å². The van der Waals surface area contributed by atoms with Crippen molar-refractivity contribution in [2.24, 2.45) is 5.73 Å². The third-order valence-corrected chi connectivity index (χ3v) is 8.09. The van der Waals surface area contributed by atoms with Gasteiger partial charge in [0.2, 0.25) is 0 Å². The van der Waals surface area contributed by atoms with Crippen molar-refractivity contribution in [1.82, 2.24) is 0 Å². The molecule has 42 heavy (non-hydrogen) atoms. The normalized spacial score (nSPS) is 23.9. The van der Waals surface area contributed by atoms with Gasteiger partial charge in [-0.1, -0.05) is 121 Å². The summed E-state index contributed by atoms with van der Waals surface area (Å²) in [5.74, 6) is -0.467. The summed E-state index contributed by atoms with van der Waals surface area (Å²) in [6.07, 6.45) is 9.85. The third-order valence-electron chi connectivity index (χ3n) is 8.09. The Balaban J connectivity index is 1.58. The molecule has 1 heterocycles. The number of aliphatic hydroxyl groups excluding tert-OH is 4. The molecular formula is C33H57NO8. The van der Waals surface area contributed by atoms with E-state index >= 15 is 0 Å². The zero-order valence-electron chi connectivity index (χ0n) is 25.7. The van der Waals surface area contributed by atoms with E-state index in [-0.39, 0.29) is 19.6 Å². The molecule has 9 heteroatoms. The fourth-order valence-corrected chi connectivity index (χ4v) is 5.23. The van der Waals surface area contributed by atoms with Crippen LogP contribution >= 0.6 is 0 Å². The summed E-state index contributed by atoms with van der Waals surface area (Å²) in [6, 6.07) is 8.83. The molecule has 9 nitrogen and oxygen atoms in total. The summed E-state index contributed by atoms with van der Waals surface area (Å²) in [5.41, 5.74) is 7.11. The molecule has 0 radical (unpaired) electrons. The largest absolute Gasteiger partial charge is 0.463 e. The number of aliphatic hydroxyl groups is 4. The van der Waals surface area contributed by atoms with Gasteiger partial charge in [-0.3, -0.25) is 4.79 Å². The van der Waals surface area contributed by atoms with Crippen LogP contribution in [-0.4, -0.2) is 82.5 Å². The Bertz CT molecular complexity index is 813. The molecule has 1 saturated heterocycles. The Labute approximate surface area is 252 Å². The molecule has 242 valence electrons. The molecule has 1 fully saturated rings. The lowest BCUT2D eigenvalue weighted by atomic mass is 9.99. The molecule has 7 atom stereocenters. The standard InChI is InChI=1S/C33H57NO8/c1-2-3-4-5-6-7-8-9-10-11-12-13-17-20-27(35)26(34)23-41-33-32(39)31(38)30(37)28(42-33)24-40-29(36)22-21-25-18-15-14-16-19-25/h14-16,18-19,26-28,30-33,35,37-39H,2-13,17,20-24,34H2,1H3/t26-,27+,28+,30-,31-,32+,33-/m0/s1. The summed E-state index contributed by atoms with van der Waals surface area (Å²) in [7, 11) is 0. The highest BCUT2D eigenvalue weighted by Gasteiger charge is 2.45. The molecule has 1 aromatic rings. The number of carbonyl (C=O) groups excluding carboxylic acids is 1. The highest BCUT2D eigenvalue weighted by atomic mass is 16.7. The predicted octanol–water partition coefficient (Wildman–Crippen LogP) is 4.16. The second-order valence-corrected chi connectivity index (χ2v) is 11.8. The van der Waals surface area contributed by atoms with E-state index in [1.165, 1.54) is 64.2 Å². The van der Waals surface area contributed by atoms with E-state index in [0.717, 1.165) is 24.8 Å². The first-order chi connectivity index (χ1) is 20.3. The first kappa shape index (κ1) is 36.6. The Hall–Kier alpha value is -1.59. The number of hydrogen-bond donors (Lipinski definition) is 5. The zero-order valence-corrected chi connectivity index (χ0v) is 25.7. The lowest BCUT2D eigenvalue weighted by molar-refractivity contribution is -0.303. The van der Waals surface area contributed by atoms with Crippen molar-refractivity contribution in [3.63, 3.8) is 0 Å². The fraction of sp³-hybridized carbons (Fsp3) is 0.788. The maximum Gasteiger partial charge on any atom is 0.306 e. The van der Waals surface area contributed by atoms with E-state index in [1.54, 1.807) is 0 Å². The van der Waals surface area contributed by atoms with Gasteiger partial charge in [-0.25, -0.2) is 0 Å². The van der Waals surface area contributed by atoms with Crippen LogP contribution in [0.15, 0.2) is 30.3 Å². The summed E-state index contributed by atoms with van der Waals surface area (Å²) in [6.45, 7) is 1.84. The molecule has 0 bridgehead atoms. The van der Waals surface area contributed by atoms with Gasteiger partial charge in [0.15, 0.2) is 6.29 Å². The zero-order chi connectivity index (χ0) is 30.6. The van der Waals surface area contributed by atoms with Crippen LogP contribution in [0.5, 0.6) is 0 Å². The topological polar surface area (TPSA) is 152 Å². The van der Waals surface area contributed by atoms with E-state index in [2.05, 4.69) is 6.92 Å². The summed E-state index contributed by atoms with van der Waals surface area (Å²) in [4.78, 5) is 12.2. The van der Waals surface area contributed by atoms with Crippen LogP contribution in [0.1, 0.15) is 109 Å². The summed E-state index contributed by atoms with van der Waals surface area (Å²) < 4.78 is 16.4. The number of carbonyl (C=O) groups is 1. The van der Waals surface area contributed by atoms with Gasteiger partial charge in [0, 0.05) is 6.42 Å². The Morgan fingerprint density at radius 1 is 0.857 bits per heavy atom. The maximum atomic E-state index is 12.2. The molecule has 0 aliphatic carbocycles. The quantitative estimate of drug-likeness (QED) is 0.0928. The Kier molecular flexibility index (Phi) is 19.2. The van der Waals surface area contributed by atoms with E-state index in [4.69, 9.17) is 19.9 Å². The first-order valence-electron chi connectivity index (χ1n) is 16.3. The van der Waals surface area contributed by atoms with Crippen molar-refractivity contribution < 1.29 is 39.4 Å². The van der Waals surface area contributed by atoms with Gasteiger partial charge in [-0.15, -0.1) is 0 Å². The predicted molar refractivity (Wildman–Crippen MR) is 163 cm³/mol. The van der Waals surface area contributed by atoms with Crippen LogP contribution < -0.4 is 5.73 Å². The number of benzene rings is 1. The lowest BCUT2D eigenvalue weighted by Crippen LogP contribution is -2.60. The fourth-order valence-electron chi connectivity index (χ4n) is 5.23. The van der Waals surface area contributed by atoms with Crippen LogP contribution in [0.4, 0.5) is 0 Å². The van der Waals surface area contributed by atoms with Crippen molar-refractivity contribution in [2.75, 3.05) is 13.2 Å². The molecule has 0 amide bonds. The second-order valence-electron chi connectivity index (χ2n) is 11.8. The number of hydrogen-bond acceptors (Lipinski definition) is 9. The highest BCUT2D eigenvalue weighted by molar-refractivity contribution is 5.69. The number of nitrogens with two attached hydrogens (primary N) is 1. The number of aryl methyl sites for hydroxylation is 1. The lowest BCUT2D eigenvalue weighted by Gasteiger charge is -2.40. The van der Waals surface area contributed by atoms with Gasteiger partial charge < -0.3 is 40.4 Å². The van der Waals surface area contributed by atoms with Crippen LogP contribution in [0.25, 0.3) is 0 Å². The molecule has 2 rings (SSSR count). The van der Waals surface area contributed by atoms with Crippen molar-refractivity contribution in [1.29, 1.82) is 0 Å². The van der Waals surface area contributed by atoms with Crippen LogP contribution in [0, 0.1) is 0 Å². The molecule has 6 N–H and O–H groups in total. The average molecular weight is 596 g/mol. The van der Waals surface area contributed by atoms with Crippen molar-refractivity contribution >= 4 is 5.97 Å². The maximum absolute atomic E-state index is 12.2. The van der Waals surface area contributed by atoms with Gasteiger partial charge in [-0.05, 0) is 18.4 Å². The minimum Gasteiger partial charge on any atom is -0.463 e.